The van der Waals surface area contributed by atoms with Crippen molar-refractivity contribution in [2.75, 3.05) is 0 Å². The molecule has 0 unspecified atom stereocenters. The molecule has 2 nitrogen and oxygen atoms in total. The zero-order chi connectivity index (χ0) is 16.1. The van der Waals surface area contributed by atoms with Crippen LogP contribution in [0.4, 0.5) is 0 Å². The molecule has 0 aliphatic rings. The van der Waals surface area contributed by atoms with Crippen LogP contribution in [-0.2, 0) is 4.79 Å². The number of thioether (sulfide) groups is 1. The Morgan fingerprint density at radius 3 is 1.81 bits per heavy atom. The molecule has 1 N–H and O–H groups in total. The van der Waals surface area contributed by atoms with Crippen LogP contribution >= 0.6 is 24.0 Å². The van der Waals surface area contributed by atoms with Gasteiger partial charge in [0.25, 0.3) is 0 Å². The molecule has 0 aromatic rings. The molecule has 4 heteroatoms. The van der Waals surface area contributed by atoms with Gasteiger partial charge in [0.05, 0.1) is 0 Å². The van der Waals surface area contributed by atoms with Crippen molar-refractivity contribution in [2.24, 2.45) is 0 Å². The maximum Gasteiger partial charge on any atom is 0.319 e. The summed E-state index contributed by atoms with van der Waals surface area (Å²) in [5.74, 6) is -0.794. The van der Waals surface area contributed by atoms with Crippen molar-refractivity contribution >= 4 is 34.1 Å². The number of aliphatic carboxylic acids is 1. The third-order valence-electron chi connectivity index (χ3n) is 3.62. The largest absolute Gasteiger partial charge is 0.480 e. The van der Waals surface area contributed by atoms with Gasteiger partial charge >= 0.3 is 5.97 Å². The van der Waals surface area contributed by atoms with Crippen molar-refractivity contribution < 1.29 is 9.90 Å². The van der Waals surface area contributed by atoms with Crippen LogP contribution in [0.15, 0.2) is 0 Å². The second kappa shape index (κ2) is 12.5. The van der Waals surface area contributed by atoms with Gasteiger partial charge in [-0.15, -0.1) is 11.8 Å². The van der Waals surface area contributed by atoms with Crippen LogP contribution in [0, 0.1) is 0 Å². The second-order valence-electron chi connectivity index (χ2n) is 6.22. The Morgan fingerprint density at radius 1 is 0.952 bits per heavy atom. The summed E-state index contributed by atoms with van der Waals surface area (Å²) in [6.45, 7) is 5.68. The molecular formula is C17H32O2S2. The van der Waals surface area contributed by atoms with E-state index in [0.29, 0.717) is 0 Å². The molecule has 0 spiro atoms. The smallest absolute Gasteiger partial charge is 0.319 e. The minimum atomic E-state index is -0.796. The van der Waals surface area contributed by atoms with Gasteiger partial charge in [0, 0.05) is 4.20 Å². The minimum absolute atomic E-state index is 0.794. The molecule has 0 amide bonds. The topological polar surface area (TPSA) is 37.3 Å². The molecule has 0 aliphatic carbocycles. The van der Waals surface area contributed by atoms with Crippen molar-refractivity contribution in [3.05, 3.63) is 0 Å². The molecule has 0 heterocycles. The molecule has 0 bridgehead atoms. The second-order valence-corrected chi connectivity index (χ2v) is 8.69. The highest BCUT2D eigenvalue weighted by molar-refractivity contribution is 8.24. The summed E-state index contributed by atoms with van der Waals surface area (Å²) in [5, 5.41) is 9.06. The molecule has 0 fully saturated rings. The Kier molecular flexibility index (Phi) is 12.4. The van der Waals surface area contributed by atoms with E-state index in [-0.39, 0.29) is 0 Å². The van der Waals surface area contributed by atoms with Crippen LogP contribution in [0.3, 0.4) is 0 Å². The van der Waals surface area contributed by atoms with Crippen molar-refractivity contribution in [3.63, 3.8) is 0 Å². The third-order valence-corrected chi connectivity index (χ3v) is 5.19. The standard InChI is InChI=1S/C17H32O2S2/c1-4-5-6-7-8-9-10-11-12-13-14-15(20)21-17(2,3)16(18)19/h4-14H2,1-3H3,(H,18,19). The van der Waals surface area contributed by atoms with Crippen molar-refractivity contribution in [1.29, 1.82) is 0 Å². The molecule has 0 aromatic heterocycles. The maximum atomic E-state index is 11.0. The monoisotopic (exact) mass is 332 g/mol. The summed E-state index contributed by atoms with van der Waals surface area (Å²) in [7, 11) is 0. The number of carbonyl (C=O) groups is 1. The molecule has 0 aliphatic heterocycles. The van der Waals surface area contributed by atoms with Gasteiger partial charge in [-0.05, 0) is 26.7 Å². The molecular weight excluding hydrogens is 300 g/mol. The SMILES string of the molecule is CCCCCCCCCCCCC(=S)SC(C)(C)C(=O)O. The summed E-state index contributed by atoms with van der Waals surface area (Å²) in [6.07, 6.45) is 14.0. The summed E-state index contributed by atoms with van der Waals surface area (Å²) in [4.78, 5) is 11.0. The highest BCUT2D eigenvalue weighted by atomic mass is 32.2. The minimum Gasteiger partial charge on any atom is -0.480 e. The van der Waals surface area contributed by atoms with Crippen LogP contribution < -0.4 is 0 Å². The highest BCUT2D eigenvalue weighted by Gasteiger charge is 2.29. The predicted octanol–water partition coefficient (Wildman–Crippen LogP) is 6.22. The first-order valence-electron chi connectivity index (χ1n) is 8.35. The Hall–Kier alpha value is -0.0900. The van der Waals surface area contributed by atoms with E-state index in [1.165, 1.54) is 69.5 Å². The summed E-state index contributed by atoms with van der Waals surface area (Å²) < 4.78 is 0.0391. The lowest BCUT2D eigenvalue weighted by atomic mass is 10.1. The van der Waals surface area contributed by atoms with Gasteiger partial charge in [0.15, 0.2) is 0 Å². The van der Waals surface area contributed by atoms with Crippen LogP contribution in [-0.4, -0.2) is 20.0 Å². The predicted molar refractivity (Wildman–Crippen MR) is 98.4 cm³/mol. The van der Waals surface area contributed by atoms with E-state index in [9.17, 15) is 4.79 Å². The normalized spacial score (nSPS) is 11.6. The molecule has 0 saturated heterocycles. The quantitative estimate of drug-likeness (QED) is 0.321. The van der Waals surface area contributed by atoms with Gasteiger partial charge in [-0.1, -0.05) is 76.9 Å². The zero-order valence-electron chi connectivity index (χ0n) is 14.0. The van der Waals surface area contributed by atoms with E-state index >= 15 is 0 Å². The molecule has 0 rings (SSSR count). The fraction of sp³-hybridized carbons (Fsp3) is 0.882. The van der Waals surface area contributed by atoms with Gasteiger partial charge in [-0.2, -0.15) is 0 Å². The first kappa shape index (κ1) is 20.9. The fourth-order valence-electron chi connectivity index (χ4n) is 2.14. The van der Waals surface area contributed by atoms with Crippen molar-refractivity contribution in [3.8, 4) is 0 Å². The Bertz CT molecular complexity index is 301. The van der Waals surface area contributed by atoms with Crippen LogP contribution in [0.25, 0.3) is 0 Å². The Labute approximate surface area is 140 Å². The summed E-state index contributed by atoms with van der Waals surface area (Å²) in [6, 6.07) is 0. The lowest BCUT2D eigenvalue weighted by Crippen LogP contribution is -2.28. The number of thiocarbonyl (C=S) groups is 1. The van der Waals surface area contributed by atoms with Gasteiger partial charge < -0.3 is 5.11 Å². The van der Waals surface area contributed by atoms with E-state index in [1.807, 2.05) is 0 Å². The van der Waals surface area contributed by atoms with Gasteiger partial charge in [-0.3, -0.25) is 4.79 Å². The summed E-state index contributed by atoms with van der Waals surface area (Å²) >= 11 is 6.60. The van der Waals surface area contributed by atoms with E-state index in [2.05, 4.69) is 6.92 Å². The zero-order valence-corrected chi connectivity index (χ0v) is 15.6. The molecule has 0 saturated carbocycles. The van der Waals surface area contributed by atoms with Crippen molar-refractivity contribution in [2.45, 2.75) is 96.1 Å². The number of rotatable bonds is 13. The average molecular weight is 333 g/mol. The third kappa shape index (κ3) is 12.2. The van der Waals surface area contributed by atoms with E-state index in [0.717, 1.165) is 17.0 Å². The molecule has 0 radical (unpaired) electrons. The summed E-state index contributed by atoms with van der Waals surface area (Å²) in [5.41, 5.74) is 0. The number of unbranched alkanes of at least 4 members (excludes halogenated alkanes) is 9. The van der Waals surface area contributed by atoms with E-state index in [1.54, 1.807) is 13.8 Å². The number of carboxylic acids is 1. The first-order chi connectivity index (χ1) is 9.90. The Morgan fingerprint density at radius 2 is 1.38 bits per heavy atom. The van der Waals surface area contributed by atoms with E-state index in [4.69, 9.17) is 17.3 Å². The van der Waals surface area contributed by atoms with Crippen molar-refractivity contribution in [1.82, 2.24) is 0 Å². The molecule has 21 heavy (non-hydrogen) atoms. The number of hydrogen-bond acceptors (Lipinski definition) is 3. The maximum absolute atomic E-state index is 11.0. The van der Waals surface area contributed by atoms with Gasteiger partial charge in [0.1, 0.15) is 4.75 Å². The molecule has 0 atom stereocenters. The van der Waals surface area contributed by atoms with Crippen LogP contribution in [0.2, 0.25) is 0 Å². The van der Waals surface area contributed by atoms with Gasteiger partial charge in [-0.25, -0.2) is 0 Å². The number of hydrogen-bond donors (Lipinski definition) is 1. The fourth-order valence-corrected chi connectivity index (χ4v) is 3.81. The van der Waals surface area contributed by atoms with E-state index < -0.39 is 10.7 Å². The molecule has 124 valence electrons. The average Bonchev–Trinajstić information content (AvgIpc) is 2.40. The molecule has 0 aromatic carbocycles. The number of carboxylic acid groups (broad SMARTS) is 1. The lowest BCUT2D eigenvalue weighted by Gasteiger charge is -2.18. The van der Waals surface area contributed by atoms with Gasteiger partial charge in [0.2, 0.25) is 0 Å². The first-order valence-corrected chi connectivity index (χ1v) is 9.58. The Balaban J connectivity index is 3.43. The lowest BCUT2D eigenvalue weighted by molar-refractivity contribution is -0.138. The van der Waals surface area contributed by atoms with Crippen LogP contribution in [0.5, 0.6) is 0 Å². The van der Waals surface area contributed by atoms with Crippen LogP contribution in [0.1, 0.15) is 91.4 Å². The highest BCUT2D eigenvalue weighted by Crippen LogP contribution is 2.28.